The zero-order valence-electron chi connectivity index (χ0n) is 15.0. The molecule has 1 N–H and O–H groups in total. The zero-order chi connectivity index (χ0) is 19.6. The smallest absolute Gasteiger partial charge is 0.323 e. The molecule has 7 heteroatoms. The number of carbonyl (C=O) groups excluding carboxylic acids is 2. The van der Waals surface area contributed by atoms with Gasteiger partial charge in [-0.1, -0.05) is 50.2 Å². The Morgan fingerprint density at radius 2 is 1.85 bits per heavy atom. The van der Waals surface area contributed by atoms with Crippen LogP contribution in [0.15, 0.2) is 54.0 Å². The Labute approximate surface area is 161 Å². The van der Waals surface area contributed by atoms with Crippen molar-refractivity contribution in [2.45, 2.75) is 19.9 Å². The molecule has 140 valence electrons. The van der Waals surface area contributed by atoms with E-state index in [1.54, 1.807) is 42.6 Å². The average Bonchev–Trinajstić information content (AvgIpc) is 3.17. The molecule has 1 atom stereocenters. The van der Waals surface area contributed by atoms with Crippen LogP contribution in [0.5, 0.6) is 0 Å². The summed E-state index contributed by atoms with van der Waals surface area (Å²) in [5.41, 5.74) is 1.09. The third-order valence-electron chi connectivity index (χ3n) is 4.33. The van der Waals surface area contributed by atoms with Gasteiger partial charge in [-0.15, -0.1) is 11.3 Å². The first-order valence-corrected chi connectivity index (χ1v) is 9.44. The van der Waals surface area contributed by atoms with Crippen molar-refractivity contribution in [1.29, 1.82) is 0 Å². The highest BCUT2D eigenvalue weighted by molar-refractivity contribution is 7.12. The maximum Gasteiger partial charge on any atom is 0.323 e. The SMILES string of the molecule is CC(C)[C@H]1C(=O)N(CC(=O)O)C(c2ccccc2)=CN1C(=O)c1cccs1. The fourth-order valence-corrected chi connectivity index (χ4v) is 3.80. The topological polar surface area (TPSA) is 77.9 Å². The van der Waals surface area contributed by atoms with E-state index in [1.165, 1.54) is 21.1 Å². The molecule has 27 heavy (non-hydrogen) atoms. The average molecular weight is 384 g/mol. The number of nitrogens with zero attached hydrogens (tertiary/aromatic N) is 2. The van der Waals surface area contributed by atoms with Crippen LogP contribution in [0.2, 0.25) is 0 Å². The van der Waals surface area contributed by atoms with Crippen LogP contribution in [0.1, 0.15) is 29.1 Å². The number of hydrogen-bond acceptors (Lipinski definition) is 4. The lowest BCUT2D eigenvalue weighted by atomic mass is 9.97. The molecule has 6 nitrogen and oxygen atoms in total. The first kappa shape index (κ1) is 18.8. The highest BCUT2D eigenvalue weighted by Crippen LogP contribution is 2.31. The van der Waals surface area contributed by atoms with Crippen LogP contribution in [0, 0.1) is 5.92 Å². The van der Waals surface area contributed by atoms with Gasteiger partial charge < -0.3 is 5.11 Å². The van der Waals surface area contributed by atoms with Crippen LogP contribution in [0.4, 0.5) is 0 Å². The number of aliphatic carboxylic acids is 1. The van der Waals surface area contributed by atoms with Gasteiger partial charge in [0.2, 0.25) is 0 Å². The van der Waals surface area contributed by atoms with Crippen LogP contribution >= 0.6 is 11.3 Å². The molecule has 0 fully saturated rings. The Kier molecular flexibility index (Phi) is 5.41. The van der Waals surface area contributed by atoms with E-state index in [1.807, 2.05) is 25.3 Å². The summed E-state index contributed by atoms with van der Waals surface area (Å²) in [4.78, 5) is 40.8. The van der Waals surface area contributed by atoms with E-state index in [0.717, 1.165) is 0 Å². The predicted octanol–water partition coefficient (Wildman–Crippen LogP) is 3.14. The second-order valence-corrected chi connectivity index (χ2v) is 7.52. The summed E-state index contributed by atoms with van der Waals surface area (Å²) in [7, 11) is 0. The Morgan fingerprint density at radius 3 is 2.41 bits per heavy atom. The van der Waals surface area contributed by atoms with Gasteiger partial charge in [-0.3, -0.25) is 24.2 Å². The molecule has 2 heterocycles. The predicted molar refractivity (Wildman–Crippen MR) is 103 cm³/mol. The lowest BCUT2D eigenvalue weighted by Crippen LogP contribution is -2.55. The van der Waals surface area contributed by atoms with Crippen molar-refractivity contribution in [2.24, 2.45) is 5.92 Å². The first-order chi connectivity index (χ1) is 12.9. The van der Waals surface area contributed by atoms with Crippen molar-refractivity contribution in [3.8, 4) is 0 Å². The van der Waals surface area contributed by atoms with Gasteiger partial charge in [-0.25, -0.2) is 0 Å². The van der Waals surface area contributed by atoms with E-state index >= 15 is 0 Å². The maximum absolute atomic E-state index is 13.2. The van der Waals surface area contributed by atoms with Gasteiger partial charge in [0.1, 0.15) is 12.6 Å². The van der Waals surface area contributed by atoms with Crippen molar-refractivity contribution >= 4 is 34.8 Å². The van der Waals surface area contributed by atoms with Gasteiger partial charge in [-0.05, 0) is 22.9 Å². The van der Waals surface area contributed by atoms with E-state index in [2.05, 4.69) is 0 Å². The summed E-state index contributed by atoms with van der Waals surface area (Å²) in [5, 5.41) is 11.1. The lowest BCUT2D eigenvalue weighted by Gasteiger charge is -2.40. The first-order valence-electron chi connectivity index (χ1n) is 8.56. The van der Waals surface area contributed by atoms with Crippen LogP contribution in [0.25, 0.3) is 5.70 Å². The van der Waals surface area contributed by atoms with Crippen molar-refractivity contribution in [1.82, 2.24) is 9.80 Å². The molecule has 0 saturated carbocycles. The highest BCUT2D eigenvalue weighted by atomic mass is 32.1. The Hall–Kier alpha value is -2.93. The largest absolute Gasteiger partial charge is 0.480 e. The molecule has 3 rings (SSSR count). The van der Waals surface area contributed by atoms with E-state index in [-0.39, 0.29) is 11.8 Å². The molecule has 2 aromatic rings. The van der Waals surface area contributed by atoms with Gasteiger partial charge >= 0.3 is 5.97 Å². The second kappa shape index (κ2) is 7.75. The summed E-state index contributed by atoms with van der Waals surface area (Å²) in [6, 6.07) is 11.8. The van der Waals surface area contributed by atoms with Crippen LogP contribution < -0.4 is 0 Å². The van der Waals surface area contributed by atoms with E-state index < -0.39 is 24.5 Å². The number of carboxylic acid groups (broad SMARTS) is 1. The quantitative estimate of drug-likeness (QED) is 0.859. The van der Waals surface area contributed by atoms with Crippen molar-refractivity contribution in [3.63, 3.8) is 0 Å². The molecule has 0 unspecified atom stereocenters. The van der Waals surface area contributed by atoms with Gasteiger partial charge in [0.15, 0.2) is 0 Å². The lowest BCUT2D eigenvalue weighted by molar-refractivity contribution is -0.144. The molecule has 0 bridgehead atoms. The summed E-state index contributed by atoms with van der Waals surface area (Å²) >= 11 is 1.31. The molecule has 1 aliphatic heterocycles. The second-order valence-electron chi connectivity index (χ2n) is 6.58. The van der Waals surface area contributed by atoms with Gasteiger partial charge in [0.05, 0.1) is 10.6 Å². The van der Waals surface area contributed by atoms with Gasteiger partial charge in [0.25, 0.3) is 11.8 Å². The standard InChI is InChI=1S/C20H20N2O4S/c1-13(2)18-20(26)21(12-17(23)24)15(14-7-4-3-5-8-14)11-22(18)19(25)16-9-6-10-27-16/h3-11,13,18H,12H2,1-2H3,(H,23,24)/t18-/m0/s1. The Bertz CT molecular complexity index is 875. The van der Waals surface area contributed by atoms with Crippen LogP contribution in [0.3, 0.4) is 0 Å². The summed E-state index contributed by atoms with van der Waals surface area (Å²) in [6.45, 7) is 3.24. The number of benzene rings is 1. The maximum atomic E-state index is 13.2. The number of rotatable bonds is 5. The summed E-state index contributed by atoms with van der Waals surface area (Å²) in [6.07, 6.45) is 1.60. The van der Waals surface area contributed by atoms with Gasteiger partial charge in [-0.2, -0.15) is 0 Å². The molecule has 0 radical (unpaired) electrons. The molecule has 1 aromatic heterocycles. The minimum Gasteiger partial charge on any atom is -0.480 e. The number of amides is 2. The highest BCUT2D eigenvalue weighted by Gasteiger charge is 2.41. The number of hydrogen-bond donors (Lipinski definition) is 1. The molecule has 0 aliphatic carbocycles. The molecule has 1 aromatic carbocycles. The number of thiophene rings is 1. The van der Waals surface area contributed by atoms with Crippen molar-refractivity contribution < 1.29 is 19.5 Å². The van der Waals surface area contributed by atoms with Crippen LogP contribution in [-0.4, -0.2) is 45.3 Å². The molecule has 0 spiro atoms. The normalized spacial score (nSPS) is 17.2. The van der Waals surface area contributed by atoms with Crippen molar-refractivity contribution in [2.75, 3.05) is 6.54 Å². The summed E-state index contributed by atoms with van der Waals surface area (Å²) in [5.74, 6) is -1.93. The molecule has 1 aliphatic rings. The Balaban J connectivity index is 2.13. The summed E-state index contributed by atoms with van der Waals surface area (Å²) < 4.78 is 0. The third kappa shape index (κ3) is 3.78. The number of carboxylic acids is 1. The minimum atomic E-state index is -1.11. The minimum absolute atomic E-state index is 0.175. The fourth-order valence-electron chi connectivity index (χ4n) is 3.14. The van der Waals surface area contributed by atoms with Gasteiger partial charge in [0, 0.05) is 6.20 Å². The van der Waals surface area contributed by atoms with E-state index in [4.69, 9.17) is 0 Å². The van der Waals surface area contributed by atoms with E-state index in [0.29, 0.717) is 16.1 Å². The van der Waals surface area contributed by atoms with Crippen LogP contribution in [-0.2, 0) is 9.59 Å². The third-order valence-corrected chi connectivity index (χ3v) is 5.19. The fraction of sp³-hybridized carbons (Fsp3) is 0.250. The molecule has 0 saturated heterocycles. The monoisotopic (exact) mass is 384 g/mol. The zero-order valence-corrected chi connectivity index (χ0v) is 15.8. The van der Waals surface area contributed by atoms with E-state index in [9.17, 15) is 19.5 Å². The Morgan fingerprint density at radius 1 is 1.15 bits per heavy atom. The molecular weight excluding hydrogens is 364 g/mol. The molecular formula is C20H20N2O4S. The van der Waals surface area contributed by atoms with Crippen molar-refractivity contribution in [3.05, 3.63) is 64.5 Å². The molecule has 2 amide bonds. The number of carbonyl (C=O) groups is 3.